The predicted molar refractivity (Wildman–Crippen MR) is 98.1 cm³/mol. The lowest BCUT2D eigenvalue weighted by atomic mass is 9.79. The smallest absolute Gasteiger partial charge is 0.494 e. The molecule has 1 heterocycles. The second kappa shape index (κ2) is 8.24. The third-order valence-electron chi connectivity index (χ3n) is 4.75. The molecule has 6 heteroatoms. The van der Waals surface area contributed by atoms with Crippen molar-refractivity contribution in [1.82, 2.24) is 0 Å². The average molecular weight is 348 g/mol. The minimum atomic E-state index is -0.358. The van der Waals surface area contributed by atoms with Crippen molar-refractivity contribution in [2.24, 2.45) is 0 Å². The highest BCUT2D eigenvalue weighted by atomic mass is 16.7. The Morgan fingerprint density at radius 1 is 1.04 bits per heavy atom. The summed E-state index contributed by atoms with van der Waals surface area (Å²) < 4.78 is 22.7. The number of carbonyl (C=O) groups is 1. The van der Waals surface area contributed by atoms with Crippen molar-refractivity contribution < 1.29 is 23.6 Å². The first kappa shape index (κ1) is 19.8. The van der Waals surface area contributed by atoms with Gasteiger partial charge in [0.2, 0.25) is 0 Å². The van der Waals surface area contributed by atoms with Gasteiger partial charge in [0.25, 0.3) is 0 Å². The molecule has 1 aliphatic heterocycles. The molecule has 0 saturated carbocycles. The summed E-state index contributed by atoms with van der Waals surface area (Å²) >= 11 is 0. The number of hydrogen-bond donors (Lipinski definition) is 0. The standard InChI is InChI=1S/C19H29BO5/c1-6-22-17(21)9-7-8-14-23-16-12-10-15(11-13-16)20-24-18(2,3)19(4,5)25-20/h10-13H,6-9,14H2,1-5H3. The lowest BCUT2D eigenvalue weighted by Gasteiger charge is -2.32. The van der Waals surface area contributed by atoms with Gasteiger partial charge in [-0.1, -0.05) is 12.1 Å². The topological polar surface area (TPSA) is 54.0 Å². The number of esters is 1. The van der Waals surface area contributed by atoms with Gasteiger partial charge in [-0.2, -0.15) is 0 Å². The van der Waals surface area contributed by atoms with Crippen molar-refractivity contribution in [3.63, 3.8) is 0 Å². The lowest BCUT2D eigenvalue weighted by molar-refractivity contribution is -0.143. The third-order valence-corrected chi connectivity index (χ3v) is 4.75. The summed E-state index contributed by atoms with van der Waals surface area (Å²) in [7, 11) is -0.358. The SMILES string of the molecule is CCOC(=O)CCCCOc1ccc(B2OC(C)(C)C(C)(C)O2)cc1. The van der Waals surface area contributed by atoms with E-state index in [1.807, 2.05) is 58.9 Å². The van der Waals surface area contributed by atoms with Crippen LogP contribution in [0, 0.1) is 0 Å². The monoisotopic (exact) mass is 348 g/mol. The molecule has 138 valence electrons. The van der Waals surface area contributed by atoms with Gasteiger partial charge in [0.1, 0.15) is 5.75 Å². The maximum atomic E-state index is 11.2. The van der Waals surface area contributed by atoms with Crippen molar-refractivity contribution in [3.8, 4) is 5.75 Å². The minimum Gasteiger partial charge on any atom is -0.494 e. The highest BCUT2D eigenvalue weighted by Crippen LogP contribution is 2.36. The van der Waals surface area contributed by atoms with Gasteiger partial charge in [0, 0.05) is 6.42 Å². The minimum absolute atomic E-state index is 0.144. The van der Waals surface area contributed by atoms with Crippen LogP contribution >= 0.6 is 0 Å². The molecule has 1 aromatic rings. The van der Waals surface area contributed by atoms with E-state index in [0.29, 0.717) is 19.6 Å². The molecule has 2 rings (SSSR count). The third kappa shape index (κ3) is 5.22. The zero-order valence-electron chi connectivity index (χ0n) is 16.0. The Morgan fingerprint density at radius 3 is 2.20 bits per heavy atom. The second-order valence-electron chi connectivity index (χ2n) is 7.27. The number of benzene rings is 1. The van der Waals surface area contributed by atoms with Gasteiger partial charge >= 0.3 is 13.1 Å². The van der Waals surface area contributed by atoms with E-state index in [2.05, 4.69) is 0 Å². The van der Waals surface area contributed by atoms with Crippen molar-refractivity contribution in [2.75, 3.05) is 13.2 Å². The van der Waals surface area contributed by atoms with Gasteiger partial charge in [-0.15, -0.1) is 0 Å². The van der Waals surface area contributed by atoms with Crippen LogP contribution in [0.25, 0.3) is 0 Å². The van der Waals surface area contributed by atoms with Gasteiger partial charge in [0.15, 0.2) is 0 Å². The van der Waals surface area contributed by atoms with Gasteiger partial charge in [-0.05, 0) is 65.1 Å². The maximum absolute atomic E-state index is 11.2. The molecule has 0 bridgehead atoms. The average Bonchev–Trinajstić information content (AvgIpc) is 2.76. The van der Waals surface area contributed by atoms with Crippen molar-refractivity contribution in [3.05, 3.63) is 24.3 Å². The van der Waals surface area contributed by atoms with E-state index >= 15 is 0 Å². The highest BCUT2D eigenvalue weighted by molar-refractivity contribution is 6.62. The van der Waals surface area contributed by atoms with E-state index in [-0.39, 0.29) is 24.3 Å². The molecule has 25 heavy (non-hydrogen) atoms. The van der Waals surface area contributed by atoms with Crippen LogP contribution in [-0.4, -0.2) is 37.5 Å². The molecule has 0 amide bonds. The number of rotatable bonds is 8. The Bertz CT molecular complexity index is 552. The molecule has 1 aromatic carbocycles. The molecule has 1 aliphatic rings. The summed E-state index contributed by atoms with van der Waals surface area (Å²) in [6.45, 7) is 11.0. The van der Waals surface area contributed by atoms with E-state index in [4.69, 9.17) is 18.8 Å². The quantitative estimate of drug-likeness (QED) is 0.411. The molecule has 0 aliphatic carbocycles. The normalized spacial score (nSPS) is 18.2. The van der Waals surface area contributed by atoms with Crippen LogP contribution in [0.15, 0.2) is 24.3 Å². The fourth-order valence-corrected chi connectivity index (χ4v) is 2.49. The molecule has 0 N–H and O–H groups in total. The lowest BCUT2D eigenvalue weighted by Crippen LogP contribution is -2.41. The molecule has 1 saturated heterocycles. The first-order chi connectivity index (χ1) is 11.7. The van der Waals surface area contributed by atoms with Crippen LogP contribution in [0.2, 0.25) is 0 Å². The largest absolute Gasteiger partial charge is 0.494 e. The number of carbonyl (C=O) groups excluding carboxylic acids is 1. The first-order valence-corrected chi connectivity index (χ1v) is 8.99. The van der Waals surface area contributed by atoms with E-state index in [9.17, 15) is 4.79 Å². The molecular formula is C19H29BO5. The molecule has 0 unspecified atom stereocenters. The Morgan fingerprint density at radius 2 is 1.64 bits per heavy atom. The molecule has 1 fully saturated rings. The molecule has 0 radical (unpaired) electrons. The summed E-state index contributed by atoms with van der Waals surface area (Å²) in [5.74, 6) is 0.658. The van der Waals surface area contributed by atoms with Crippen LogP contribution in [0.4, 0.5) is 0 Å². The summed E-state index contributed by atoms with van der Waals surface area (Å²) in [6, 6.07) is 7.78. The van der Waals surface area contributed by atoms with Crippen LogP contribution in [0.3, 0.4) is 0 Å². The summed E-state index contributed by atoms with van der Waals surface area (Å²) in [6.07, 6.45) is 2.03. The van der Waals surface area contributed by atoms with Crippen molar-refractivity contribution >= 4 is 18.6 Å². The van der Waals surface area contributed by atoms with Gasteiger partial charge in [0.05, 0.1) is 24.4 Å². The fourth-order valence-electron chi connectivity index (χ4n) is 2.49. The van der Waals surface area contributed by atoms with Crippen LogP contribution in [-0.2, 0) is 18.8 Å². The number of unbranched alkanes of at least 4 members (excludes halogenated alkanes) is 1. The molecule has 0 atom stereocenters. The highest BCUT2D eigenvalue weighted by Gasteiger charge is 2.51. The van der Waals surface area contributed by atoms with Crippen LogP contribution in [0.5, 0.6) is 5.75 Å². The molecule has 5 nitrogen and oxygen atoms in total. The van der Waals surface area contributed by atoms with Crippen molar-refractivity contribution in [2.45, 2.75) is 65.1 Å². The Kier molecular flexibility index (Phi) is 6.52. The summed E-state index contributed by atoms with van der Waals surface area (Å²) in [4.78, 5) is 11.2. The second-order valence-corrected chi connectivity index (χ2v) is 7.27. The molecule has 0 aromatic heterocycles. The zero-order valence-corrected chi connectivity index (χ0v) is 16.0. The summed E-state index contributed by atoms with van der Waals surface area (Å²) in [5, 5.41) is 0. The van der Waals surface area contributed by atoms with E-state index in [0.717, 1.165) is 24.1 Å². The van der Waals surface area contributed by atoms with Gasteiger partial charge in [-0.3, -0.25) is 4.79 Å². The Hall–Kier alpha value is -1.53. The van der Waals surface area contributed by atoms with Crippen molar-refractivity contribution in [1.29, 1.82) is 0 Å². The molecule has 0 spiro atoms. The van der Waals surface area contributed by atoms with Crippen LogP contribution < -0.4 is 10.2 Å². The number of hydrogen-bond acceptors (Lipinski definition) is 5. The van der Waals surface area contributed by atoms with E-state index < -0.39 is 0 Å². The Balaban J connectivity index is 1.76. The van der Waals surface area contributed by atoms with E-state index in [1.54, 1.807) is 0 Å². The summed E-state index contributed by atoms with van der Waals surface area (Å²) in [5.41, 5.74) is 0.297. The zero-order chi connectivity index (χ0) is 18.5. The maximum Gasteiger partial charge on any atom is 0.494 e. The molecular weight excluding hydrogens is 319 g/mol. The number of ether oxygens (including phenoxy) is 2. The Labute approximate surface area is 151 Å². The fraction of sp³-hybridized carbons (Fsp3) is 0.632. The first-order valence-electron chi connectivity index (χ1n) is 8.99. The van der Waals surface area contributed by atoms with Gasteiger partial charge in [-0.25, -0.2) is 0 Å². The van der Waals surface area contributed by atoms with E-state index in [1.165, 1.54) is 0 Å². The van der Waals surface area contributed by atoms with Gasteiger partial charge < -0.3 is 18.8 Å². The predicted octanol–water partition coefficient (Wildman–Crippen LogP) is 3.10. The van der Waals surface area contributed by atoms with Crippen LogP contribution in [0.1, 0.15) is 53.9 Å².